The van der Waals surface area contributed by atoms with Crippen molar-refractivity contribution in [3.05, 3.63) is 33.4 Å². The fourth-order valence-electron chi connectivity index (χ4n) is 1.13. The van der Waals surface area contributed by atoms with Crippen LogP contribution in [-0.4, -0.2) is 5.11 Å². The summed E-state index contributed by atoms with van der Waals surface area (Å²) in [4.78, 5) is 0. The fourth-order valence-corrected chi connectivity index (χ4v) is 1.48. The van der Waals surface area contributed by atoms with Gasteiger partial charge in [0.2, 0.25) is 0 Å². The lowest BCUT2D eigenvalue weighted by Gasteiger charge is -2.08. The van der Waals surface area contributed by atoms with Crippen LogP contribution in [0.5, 0.6) is 0 Å². The van der Waals surface area contributed by atoms with Crippen LogP contribution in [-0.2, 0) is 0 Å². The molecule has 0 aliphatic rings. The summed E-state index contributed by atoms with van der Waals surface area (Å²) in [7, 11) is 0. The van der Waals surface area contributed by atoms with Crippen LogP contribution in [0.2, 0.25) is 0 Å². The van der Waals surface area contributed by atoms with E-state index in [1.165, 1.54) is 3.57 Å². The summed E-state index contributed by atoms with van der Waals surface area (Å²) in [6.45, 7) is 2.08. The van der Waals surface area contributed by atoms with Gasteiger partial charge in [-0.15, -0.1) is 0 Å². The van der Waals surface area contributed by atoms with E-state index in [-0.39, 0.29) is 6.10 Å². The average molecular weight is 276 g/mol. The van der Waals surface area contributed by atoms with Gasteiger partial charge < -0.3 is 5.11 Å². The molecule has 0 heterocycles. The summed E-state index contributed by atoms with van der Waals surface area (Å²) in [5.74, 6) is 0. The van der Waals surface area contributed by atoms with Gasteiger partial charge in [0.05, 0.1) is 6.10 Å². The Morgan fingerprint density at radius 1 is 1.33 bits per heavy atom. The highest BCUT2D eigenvalue weighted by molar-refractivity contribution is 14.1. The van der Waals surface area contributed by atoms with Crippen molar-refractivity contribution in [3.8, 4) is 0 Å². The van der Waals surface area contributed by atoms with Gasteiger partial charge in [0.25, 0.3) is 0 Å². The number of hydrogen-bond acceptors (Lipinski definition) is 1. The first-order valence-corrected chi connectivity index (χ1v) is 5.25. The summed E-state index contributed by atoms with van der Waals surface area (Å²) < 4.78 is 1.21. The number of halogens is 1. The Morgan fingerprint density at radius 2 is 1.92 bits per heavy atom. The van der Waals surface area contributed by atoms with Gasteiger partial charge in [0, 0.05) is 3.57 Å². The Bertz CT molecular complexity index is 230. The molecule has 1 aromatic carbocycles. The molecule has 0 radical (unpaired) electrons. The van der Waals surface area contributed by atoms with Crippen LogP contribution in [0, 0.1) is 3.57 Å². The fraction of sp³-hybridized carbons (Fsp3) is 0.400. The normalized spacial score (nSPS) is 12.9. The van der Waals surface area contributed by atoms with Crippen molar-refractivity contribution in [3.63, 3.8) is 0 Å². The molecule has 1 N–H and O–H groups in total. The first-order chi connectivity index (χ1) is 5.74. The molecule has 12 heavy (non-hydrogen) atoms. The van der Waals surface area contributed by atoms with Crippen LogP contribution in [0.4, 0.5) is 0 Å². The highest BCUT2D eigenvalue weighted by Gasteiger charge is 2.04. The summed E-state index contributed by atoms with van der Waals surface area (Å²) in [6.07, 6.45) is 1.58. The monoisotopic (exact) mass is 276 g/mol. The Kier molecular flexibility index (Phi) is 4.01. The van der Waals surface area contributed by atoms with E-state index < -0.39 is 0 Å². The first kappa shape index (κ1) is 9.99. The average Bonchev–Trinajstić information content (AvgIpc) is 2.06. The molecule has 1 unspecified atom stereocenters. The predicted molar refractivity (Wildman–Crippen MR) is 59.0 cm³/mol. The van der Waals surface area contributed by atoms with Gasteiger partial charge in [-0.05, 0) is 46.7 Å². The molecule has 66 valence electrons. The molecule has 1 aromatic rings. The molecule has 1 nitrogen and oxygen atoms in total. The third kappa shape index (κ3) is 2.75. The Balaban J connectivity index is 2.68. The van der Waals surface area contributed by atoms with Crippen molar-refractivity contribution in [2.75, 3.05) is 0 Å². The summed E-state index contributed by atoms with van der Waals surface area (Å²) in [6, 6.07) is 8.02. The minimum atomic E-state index is -0.285. The van der Waals surface area contributed by atoms with E-state index in [0.29, 0.717) is 0 Å². The van der Waals surface area contributed by atoms with Gasteiger partial charge in [-0.1, -0.05) is 25.5 Å². The number of rotatable bonds is 3. The summed E-state index contributed by atoms with van der Waals surface area (Å²) >= 11 is 2.26. The van der Waals surface area contributed by atoms with E-state index in [1.54, 1.807) is 0 Å². The molecule has 1 atom stereocenters. The van der Waals surface area contributed by atoms with Gasteiger partial charge in [-0.25, -0.2) is 0 Å². The number of aliphatic hydroxyl groups is 1. The molecule has 0 fully saturated rings. The quantitative estimate of drug-likeness (QED) is 0.841. The zero-order valence-electron chi connectivity index (χ0n) is 7.13. The van der Waals surface area contributed by atoms with Gasteiger partial charge in [-0.3, -0.25) is 0 Å². The molecule has 0 aromatic heterocycles. The topological polar surface area (TPSA) is 20.2 Å². The molecule has 1 rings (SSSR count). The largest absolute Gasteiger partial charge is 0.388 e. The Hall–Kier alpha value is -0.0900. The predicted octanol–water partition coefficient (Wildman–Crippen LogP) is 3.12. The van der Waals surface area contributed by atoms with Crippen molar-refractivity contribution in [2.24, 2.45) is 0 Å². The maximum Gasteiger partial charge on any atom is 0.0790 e. The summed E-state index contributed by atoms with van der Waals surface area (Å²) in [5.41, 5.74) is 1.03. The highest BCUT2D eigenvalue weighted by Crippen LogP contribution is 2.18. The third-order valence-corrected chi connectivity index (χ3v) is 2.54. The second kappa shape index (κ2) is 4.82. The molecule has 2 heteroatoms. The van der Waals surface area contributed by atoms with E-state index >= 15 is 0 Å². The first-order valence-electron chi connectivity index (χ1n) is 4.17. The van der Waals surface area contributed by atoms with Crippen LogP contribution in [0.1, 0.15) is 31.4 Å². The van der Waals surface area contributed by atoms with Gasteiger partial charge in [-0.2, -0.15) is 0 Å². The van der Waals surface area contributed by atoms with Crippen LogP contribution in [0.25, 0.3) is 0 Å². The van der Waals surface area contributed by atoms with E-state index in [2.05, 4.69) is 29.5 Å². The van der Waals surface area contributed by atoms with Gasteiger partial charge in [0.1, 0.15) is 0 Å². The lowest BCUT2D eigenvalue weighted by Crippen LogP contribution is -1.95. The molecule has 0 bridgehead atoms. The summed E-state index contributed by atoms with van der Waals surface area (Å²) in [5, 5.41) is 9.61. The second-order valence-electron chi connectivity index (χ2n) is 2.86. The van der Waals surface area contributed by atoms with Crippen LogP contribution in [0.15, 0.2) is 24.3 Å². The lowest BCUT2D eigenvalue weighted by molar-refractivity contribution is 0.166. The zero-order chi connectivity index (χ0) is 8.97. The highest BCUT2D eigenvalue weighted by atomic mass is 127. The molecular weight excluding hydrogens is 263 g/mol. The molecule has 0 saturated heterocycles. The van der Waals surface area contributed by atoms with Crippen molar-refractivity contribution < 1.29 is 5.11 Å². The number of hydrogen-bond donors (Lipinski definition) is 1. The van der Waals surface area contributed by atoms with E-state index in [9.17, 15) is 5.11 Å². The van der Waals surface area contributed by atoms with Gasteiger partial charge >= 0.3 is 0 Å². The van der Waals surface area contributed by atoms with Crippen molar-refractivity contribution in [1.82, 2.24) is 0 Å². The van der Waals surface area contributed by atoms with E-state index in [1.807, 2.05) is 24.3 Å². The van der Waals surface area contributed by atoms with E-state index in [4.69, 9.17) is 0 Å². The van der Waals surface area contributed by atoms with Crippen molar-refractivity contribution in [2.45, 2.75) is 25.9 Å². The second-order valence-corrected chi connectivity index (χ2v) is 4.10. The zero-order valence-corrected chi connectivity index (χ0v) is 9.28. The molecular formula is C10H13IO. The maximum absolute atomic E-state index is 9.61. The SMILES string of the molecule is CCCC(O)c1ccc(I)cc1. The van der Waals surface area contributed by atoms with Crippen LogP contribution in [0.3, 0.4) is 0 Å². The number of benzene rings is 1. The maximum atomic E-state index is 9.61. The van der Waals surface area contributed by atoms with E-state index in [0.717, 1.165) is 18.4 Å². The molecule has 0 spiro atoms. The van der Waals surface area contributed by atoms with Crippen molar-refractivity contribution in [1.29, 1.82) is 0 Å². The standard InChI is InChI=1S/C10H13IO/c1-2-3-10(12)8-4-6-9(11)7-5-8/h4-7,10,12H,2-3H2,1H3. The minimum Gasteiger partial charge on any atom is -0.388 e. The number of aliphatic hydroxyl groups excluding tert-OH is 1. The van der Waals surface area contributed by atoms with Crippen LogP contribution < -0.4 is 0 Å². The van der Waals surface area contributed by atoms with Crippen molar-refractivity contribution >= 4 is 22.6 Å². The molecule has 0 aliphatic heterocycles. The van der Waals surface area contributed by atoms with Crippen LogP contribution >= 0.6 is 22.6 Å². The third-order valence-electron chi connectivity index (χ3n) is 1.82. The lowest BCUT2D eigenvalue weighted by atomic mass is 10.1. The smallest absolute Gasteiger partial charge is 0.0790 e. The molecule has 0 amide bonds. The molecule has 0 saturated carbocycles. The van der Waals surface area contributed by atoms with Gasteiger partial charge in [0.15, 0.2) is 0 Å². The minimum absolute atomic E-state index is 0.285. The Labute approximate surface area is 86.9 Å². The Morgan fingerprint density at radius 3 is 2.42 bits per heavy atom. The molecule has 0 aliphatic carbocycles.